The van der Waals surface area contributed by atoms with Crippen LogP contribution in [-0.4, -0.2) is 31.3 Å². The van der Waals surface area contributed by atoms with Crippen LogP contribution in [0.1, 0.15) is 24.8 Å². The van der Waals surface area contributed by atoms with Crippen LogP contribution in [0.3, 0.4) is 0 Å². The molecule has 1 aliphatic heterocycles. The molecule has 4 heteroatoms. The van der Waals surface area contributed by atoms with Crippen LogP contribution in [0.15, 0.2) is 18.5 Å². The molecule has 94 valence electrons. The van der Waals surface area contributed by atoms with Gasteiger partial charge >= 0.3 is 0 Å². The predicted molar refractivity (Wildman–Crippen MR) is 69.0 cm³/mol. The van der Waals surface area contributed by atoms with Gasteiger partial charge in [-0.2, -0.15) is 0 Å². The van der Waals surface area contributed by atoms with Crippen LogP contribution in [0.2, 0.25) is 0 Å². The zero-order valence-corrected chi connectivity index (χ0v) is 10.4. The Morgan fingerprint density at radius 2 is 2.41 bits per heavy atom. The van der Waals surface area contributed by atoms with E-state index in [4.69, 9.17) is 10.5 Å². The lowest BCUT2D eigenvalue weighted by Crippen LogP contribution is -2.34. The quantitative estimate of drug-likeness (QED) is 0.860. The number of likely N-dealkylation sites (N-methyl/N-ethyl adjacent to an activating group) is 1. The molecule has 1 fully saturated rings. The zero-order valence-electron chi connectivity index (χ0n) is 10.4. The smallest absolute Gasteiger partial charge is 0.0749 e. The predicted octanol–water partition coefficient (Wildman–Crippen LogP) is 1.55. The number of hydrogen-bond acceptors (Lipinski definition) is 4. The largest absolute Gasteiger partial charge is 0.376 e. The average molecular weight is 235 g/mol. The molecule has 0 aliphatic carbocycles. The third kappa shape index (κ3) is 3.17. The van der Waals surface area contributed by atoms with E-state index in [1.54, 1.807) is 0 Å². The SMILES string of the molecule is CN(CC1CCCCO1)c1ccncc1CN. The normalized spacial score (nSPS) is 20.2. The summed E-state index contributed by atoms with van der Waals surface area (Å²) in [5, 5.41) is 0. The van der Waals surface area contributed by atoms with Gasteiger partial charge in [0.2, 0.25) is 0 Å². The highest BCUT2D eigenvalue weighted by Gasteiger charge is 2.17. The second-order valence-corrected chi connectivity index (χ2v) is 4.58. The molecule has 1 saturated heterocycles. The summed E-state index contributed by atoms with van der Waals surface area (Å²) in [5.74, 6) is 0. The second kappa shape index (κ2) is 5.98. The number of pyridine rings is 1. The third-order valence-electron chi connectivity index (χ3n) is 3.26. The van der Waals surface area contributed by atoms with Gasteiger partial charge in [0.25, 0.3) is 0 Å². The molecule has 1 unspecified atom stereocenters. The Hall–Kier alpha value is -1.13. The topological polar surface area (TPSA) is 51.4 Å². The van der Waals surface area contributed by atoms with Crippen LogP contribution < -0.4 is 10.6 Å². The number of hydrogen-bond donors (Lipinski definition) is 1. The first-order valence-electron chi connectivity index (χ1n) is 6.27. The van der Waals surface area contributed by atoms with E-state index in [1.807, 2.05) is 18.5 Å². The Morgan fingerprint density at radius 3 is 3.12 bits per heavy atom. The molecule has 0 bridgehead atoms. The van der Waals surface area contributed by atoms with Gasteiger partial charge in [-0.15, -0.1) is 0 Å². The summed E-state index contributed by atoms with van der Waals surface area (Å²) in [4.78, 5) is 6.33. The van der Waals surface area contributed by atoms with Crippen LogP contribution in [0.25, 0.3) is 0 Å². The molecule has 0 amide bonds. The first-order chi connectivity index (χ1) is 8.31. The number of nitrogens with zero attached hydrogens (tertiary/aromatic N) is 2. The maximum atomic E-state index is 5.76. The highest BCUT2D eigenvalue weighted by molar-refractivity contribution is 5.51. The third-order valence-corrected chi connectivity index (χ3v) is 3.26. The molecule has 0 aromatic carbocycles. The van der Waals surface area contributed by atoms with Gasteiger partial charge in [-0.05, 0) is 25.3 Å². The van der Waals surface area contributed by atoms with Crippen molar-refractivity contribution in [2.45, 2.75) is 31.9 Å². The van der Waals surface area contributed by atoms with E-state index in [1.165, 1.54) is 12.8 Å². The van der Waals surface area contributed by atoms with Crippen molar-refractivity contribution in [2.75, 3.05) is 25.1 Å². The molecule has 2 heterocycles. The first-order valence-corrected chi connectivity index (χ1v) is 6.27. The molecule has 0 spiro atoms. The van der Waals surface area contributed by atoms with Gasteiger partial charge in [0.1, 0.15) is 0 Å². The Bertz CT molecular complexity index is 350. The van der Waals surface area contributed by atoms with Gasteiger partial charge in [0.05, 0.1) is 6.10 Å². The summed E-state index contributed by atoms with van der Waals surface area (Å²) in [5.41, 5.74) is 7.98. The summed E-state index contributed by atoms with van der Waals surface area (Å²) < 4.78 is 5.76. The maximum Gasteiger partial charge on any atom is 0.0749 e. The molecule has 0 radical (unpaired) electrons. The van der Waals surface area contributed by atoms with E-state index in [2.05, 4.69) is 16.9 Å². The van der Waals surface area contributed by atoms with Crippen LogP contribution >= 0.6 is 0 Å². The summed E-state index contributed by atoms with van der Waals surface area (Å²) in [6.07, 6.45) is 7.64. The molecular formula is C13H21N3O. The van der Waals surface area contributed by atoms with Crippen LogP contribution in [-0.2, 0) is 11.3 Å². The molecule has 0 saturated carbocycles. The summed E-state index contributed by atoms with van der Waals surface area (Å²) in [7, 11) is 2.09. The summed E-state index contributed by atoms with van der Waals surface area (Å²) in [6, 6.07) is 2.02. The fraction of sp³-hybridized carbons (Fsp3) is 0.615. The van der Waals surface area contributed by atoms with Crippen molar-refractivity contribution < 1.29 is 4.74 Å². The van der Waals surface area contributed by atoms with Crippen molar-refractivity contribution in [3.05, 3.63) is 24.0 Å². The van der Waals surface area contributed by atoms with E-state index in [9.17, 15) is 0 Å². The number of anilines is 1. The van der Waals surface area contributed by atoms with Crippen molar-refractivity contribution >= 4 is 5.69 Å². The molecule has 1 aromatic heterocycles. The van der Waals surface area contributed by atoms with Crippen LogP contribution in [0.4, 0.5) is 5.69 Å². The molecule has 1 aromatic rings. The fourth-order valence-corrected chi connectivity index (χ4v) is 2.30. The molecule has 2 N–H and O–H groups in total. The Kier molecular flexibility index (Phi) is 4.34. The monoisotopic (exact) mass is 235 g/mol. The van der Waals surface area contributed by atoms with E-state index < -0.39 is 0 Å². The Labute approximate surface area is 103 Å². The maximum absolute atomic E-state index is 5.76. The number of nitrogens with two attached hydrogens (primary N) is 1. The Morgan fingerprint density at radius 1 is 1.53 bits per heavy atom. The standard InChI is InChI=1S/C13H21N3O/c1-16(10-12-4-2-3-7-17-12)13-5-6-15-9-11(13)8-14/h5-6,9,12H,2-4,7-8,10,14H2,1H3. The lowest BCUT2D eigenvalue weighted by Gasteiger charge is -2.29. The van der Waals surface area contributed by atoms with E-state index in [-0.39, 0.29) is 0 Å². The van der Waals surface area contributed by atoms with Crippen LogP contribution in [0, 0.1) is 0 Å². The van der Waals surface area contributed by atoms with Crippen molar-refractivity contribution in [1.29, 1.82) is 0 Å². The van der Waals surface area contributed by atoms with Gasteiger partial charge in [0, 0.05) is 50.4 Å². The summed E-state index contributed by atoms with van der Waals surface area (Å²) >= 11 is 0. The van der Waals surface area contributed by atoms with Gasteiger partial charge in [-0.25, -0.2) is 0 Å². The van der Waals surface area contributed by atoms with Gasteiger partial charge in [0.15, 0.2) is 0 Å². The number of rotatable bonds is 4. The lowest BCUT2D eigenvalue weighted by molar-refractivity contribution is 0.0216. The van der Waals surface area contributed by atoms with Gasteiger partial charge < -0.3 is 15.4 Å². The Balaban J connectivity index is 2.00. The lowest BCUT2D eigenvalue weighted by atomic mass is 10.1. The molecule has 1 aliphatic rings. The molecule has 4 nitrogen and oxygen atoms in total. The van der Waals surface area contributed by atoms with Gasteiger partial charge in [-0.3, -0.25) is 4.98 Å². The minimum absolute atomic E-state index is 0.354. The number of aromatic nitrogens is 1. The van der Waals surface area contributed by atoms with E-state index in [0.717, 1.165) is 30.8 Å². The molecular weight excluding hydrogens is 214 g/mol. The minimum atomic E-state index is 0.354. The number of ether oxygens (including phenoxy) is 1. The zero-order chi connectivity index (χ0) is 12.1. The van der Waals surface area contributed by atoms with Crippen molar-refractivity contribution in [3.8, 4) is 0 Å². The summed E-state index contributed by atoms with van der Waals surface area (Å²) in [6.45, 7) is 2.36. The molecule has 2 rings (SSSR count). The van der Waals surface area contributed by atoms with Crippen molar-refractivity contribution in [1.82, 2.24) is 4.98 Å². The minimum Gasteiger partial charge on any atom is -0.376 e. The highest BCUT2D eigenvalue weighted by atomic mass is 16.5. The molecule has 17 heavy (non-hydrogen) atoms. The fourth-order valence-electron chi connectivity index (χ4n) is 2.30. The second-order valence-electron chi connectivity index (χ2n) is 4.58. The van der Waals surface area contributed by atoms with E-state index in [0.29, 0.717) is 12.6 Å². The van der Waals surface area contributed by atoms with Crippen molar-refractivity contribution in [2.24, 2.45) is 5.73 Å². The first kappa shape index (κ1) is 12.3. The molecule has 1 atom stereocenters. The van der Waals surface area contributed by atoms with E-state index >= 15 is 0 Å². The van der Waals surface area contributed by atoms with Gasteiger partial charge in [-0.1, -0.05) is 0 Å². The van der Waals surface area contributed by atoms with Crippen LogP contribution in [0.5, 0.6) is 0 Å². The average Bonchev–Trinajstić information content (AvgIpc) is 2.40. The highest BCUT2D eigenvalue weighted by Crippen LogP contribution is 2.20. The van der Waals surface area contributed by atoms with Crippen molar-refractivity contribution in [3.63, 3.8) is 0 Å².